The molecule has 0 aliphatic heterocycles. The van der Waals surface area contributed by atoms with Crippen molar-refractivity contribution >= 4 is 11.8 Å². The number of rotatable bonds is 5. The molecule has 1 N–H and O–H groups in total. The van der Waals surface area contributed by atoms with Crippen LogP contribution in [0.3, 0.4) is 0 Å². The third-order valence-corrected chi connectivity index (χ3v) is 5.61. The second-order valence-corrected chi connectivity index (χ2v) is 7.16. The molecule has 2 amide bonds. The van der Waals surface area contributed by atoms with E-state index in [-0.39, 0.29) is 11.8 Å². The van der Waals surface area contributed by atoms with Crippen molar-refractivity contribution in [3.05, 3.63) is 35.4 Å². The van der Waals surface area contributed by atoms with E-state index in [9.17, 15) is 9.59 Å². The van der Waals surface area contributed by atoms with Crippen LogP contribution < -0.4 is 5.32 Å². The van der Waals surface area contributed by atoms with Gasteiger partial charge in [0, 0.05) is 32.6 Å². The molecule has 4 heteroatoms. The van der Waals surface area contributed by atoms with Crippen molar-refractivity contribution in [2.24, 2.45) is 17.8 Å². The number of benzene rings is 1. The van der Waals surface area contributed by atoms with Crippen molar-refractivity contribution in [1.82, 2.24) is 10.2 Å². The van der Waals surface area contributed by atoms with E-state index in [1.54, 1.807) is 7.05 Å². The minimum absolute atomic E-state index is 0.0859. The molecule has 2 saturated carbocycles. The summed E-state index contributed by atoms with van der Waals surface area (Å²) in [6.07, 6.45) is 6.01. The van der Waals surface area contributed by atoms with Crippen LogP contribution in [0.1, 0.15) is 48.0 Å². The maximum Gasteiger partial charge on any atom is 0.251 e. The number of nitrogens with zero attached hydrogens (tertiary/aromatic N) is 1. The zero-order valence-corrected chi connectivity index (χ0v) is 14.0. The van der Waals surface area contributed by atoms with Gasteiger partial charge in [-0.1, -0.05) is 18.6 Å². The van der Waals surface area contributed by atoms with Crippen LogP contribution in [-0.2, 0) is 11.3 Å². The molecule has 4 nitrogen and oxygen atoms in total. The smallest absolute Gasteiger partial charge is 0.251 e. The summed E-state index contributed by atoms with van der Waals surface area (Å²) in [5.41, 5.74) is 1.70. The van der Waals surface area contributed by atoms with Gasteiger partial charge < -0.3 is 10.2 Å². The van der Waals surface area contributed by atoms with E-state index >= 15 is 0 Å². The summed E-state index contributed by atoms with van der Waals surface area (Å²) in [5, 5.41) is 2.61. The largest absolute Gasteiger partial charge is 0.355 e. The highest BCUT2D eigenvalue weighted by Crippen LogP contribution is 2.49. The lowest BCUT2D eigenvalue weighted by Crippen LogP contribution is -2.29. The first-order chi connectivity index (χ1) is 11.1. The van der Waals surface area contributed by atoms with Gasteiger partial charge >= 0.3 is 0 Å². The van der Waals surface area contributed by atoms with Crippen molar-refractivity contribution in [3.63, 3.8) is 0 Å². The van der Waals surface area contributed by atoms with Crippen molar-refractivity contribution in [2.75, 3.05) is 14.1 Å². The van der Waals surface area contributed by atoms with Crippen molar-refractivity contribution in [2.45, 2.75) is 38.6 Å². The zero-order valence-electron chi connectivity index (χ0n) is 14.0. The fourth-order valence-corrected chi connectivity index (χ4v) is 4.27. The van der Waals surface area contributed by atoms with E-state index in [1.807, 2.05) is 36.2 Å². The molecule has 0 aromatic heterocycles. The molecule has 3 atom stereocenters. The van der Waals surface area contributed by atoms with Gasteiger partial charge in [-0.15, -0.1) is 0 Å². The molecule has 1 aromatic carbocycles. The topological polar surface area (TPSA) is 49.4 Å². The van der Waals surface area contributed by atoms with Crippen molar-refractivity contribution in [3.8, 4) is 0 Å². The third kappa shape index (κ3) is 3.57. The maximum atomic E-state index is 12.5. The molecular weight excluding hydrogens is 288 g/mol. The summed E-state index contributed by atoms with van der Waals surface area (Å²) >= 11 is 0. The Morgan fingerprint density at radius 1 is 1.17 bits per heavy atom. The van der Waals surface area contributed by atoms with Gasteiger partial charge in [-0.3, -0.25) is 9.59 Å². The van der Waals surface area contributed by atoms with Gasteiger partial charge in [0.2, 0.25) is 5.91 Å². The number of hydrogen-bond donors (Lipinski definition) is 1. The van der Waals surface area contributed by atoms with Crippen LogP contribution in [0.2, 0.25) is 0 Å². The second-order valence-electron chi connectivity index (χ2n) is 7.16. The van der Waals surface area contributed by atoms with Gasteiger partial charge in [-0.25, -0.2) is 0 Å². The summed E-state index contributed by atoms with van der Waals surface area (Å²) < 4.78 is 0. The molecular formula is C19H26N2O2. The monoisotopic (exact) mass is 314 g/mol. The molecule has 0 unspecified atom stereocenters. The number of amides is 2. The van der Waals surface area contributed by atoms with E-state index in [1.165, 1.54) is 25.7 Å². The summed E-state index contributed by atoms with van der Waals surface area (Å²) in [7, 11) is 3.50. The van der Waals surface area contributed by atoms with Crippen LogP contribution in [0.4, 0.5) is 0 Å². The predicted octanol–water partition coefficient (Wildman–Crippen LogP) is 2.83. The van der Waals surface area contributed by atoms with E-state index in [0.717, 1.165) is 17.4 Å². The molecule has 0 saturated heterocycles. The lowest BCUT2D eigenvalue weighted by molar-refractivity contribution is -0.131. The first-order valence-electron chi connectivity index (χ1n) is 8.61. The van der Waals surface area contributed by atoms with Crippen LogP contribution in [0, 0.1) is 17.8 Å². The number of carbonyl (C=O) groups excluding carboxylic acids is 2. The zero-order chi connectivity index (χ0) is 16.4. The lowest BCUT2D eigenvalue weighted by atomic mass is 9.86. The number of carbonyl (C=O) groups is 2. The molecule has 3 rings (SSSR count). The standard InChI is InChI=1S/C19H26N2O2/c1-20-19(23)15-6-3-13(4-7-15)12-21(2)18(22)11-17-10-14-5-8-16(17)9-14/h3-4,6-7,14,16-17H,5,8-12H2,1-2H3,(H,20,23)/t14-,16-,17-/m1/s1. The van der Waals surface area contributed by atoms with Crippen LogP contribution >= 0.6 is 0 Å². The summed E-state index contributed by atoms with van der Waals surface area (Å²) in [6.45, 7) is 0.605. The quantitative estimate of drug-likeness (QED) is 0.908. The average molecular weight is 314 g/mol. The summed E-state index contributed by atoms with van der Waals surface area (Å²) in [6, 6.07) is 7.46. The van der Waals surface area contributed by atoms with Crippen molar-refractivity contribution in [1.29, 1.82) is 0 Å². The second kappa shape index (κ2) is 6.73. The highest BCUT2D eigenvalue weighted by molar-refractivity contribution is 5.93. The first kappa shape index (κ1) is 16.0. The Kier molecular flexibility index (Phi) is 4.69. The molecule has 0 spiro atoms. The predicted molar refractivity (Wildman–Crippen MR) is 89.9 cm³/mol. The van der Waals surface area contributed by atoms with Crippen LogP contribution in [0.5, 0.6) is 0 Å². The van der Waals surface area contributed by atoms with E-state index < -0.39 is 0 Å². The number of fused-ring (bicyclic) bond motifs is 2. The minimum Gasteiger partial charge on any atom is -0.355 e. The molecule has 23 heavy (non-hydrogen) atoms. The molecule has 2 bridgehead atoms. The van der Waals surface area contributed by atoms with Crippen LogP contribution in [-0.4, -0.2) is 30.8 Å². The van der Waals surface area contributed by atoms with Gasteiger partial charge in [0.05, 0.1) is 0 Å². The highest BCUT2D eigenvalue weighted by Gasteiger charge is 2.40. The minimum atomic E-state index is -0.0859. The maximum absolute atomic E-state index is 12.5. The third-order valence-electron chi connectivity index (χ3n) is 5.61. The van der Waals surface area contributed by atoms with Crippen LogP contribution in [0.25, 0.3) is 0 Å². The molecule has 2 fully saturated rings. The Morgan fingerprint density at radius 3 is 2.48 bits per heavy atom. The number of nitrogens with one attached hydrogen (secondary N) is 1. The summed E-state index contributed by atoms with van der Waals surface area (Å²) in [4.78, 5) is 25.8. The Morgan fingerprint density at radius 2 is 1.91 bits per heavy atom. The van der Waals surface area contributed by atoms with Crippen molar-refractivity contribution < 1.29 is 9.59 Å². The molecule has 2 aliphatic carbocycles. The Hall–Kier alpha value is -1.84. The normalized spacial score (nSPS) is 25.4. The fraction of sp³-hybridized carbons (Fsp3) is 0.579. The van der Waals surface area contributed by atoms with E-state index in [0.29, 0.717) is 24.4 Å². The van der Waals surface area contributed by atoms with Gasteiger partial charge in [-0.2, -0.15) is 0 Å². The SMILES string of the molecule is CNC(=O)c1ccc(CN(C)C(=O)C[C@H]2C[C@@H]3CC[C@@H]2C3)cc1. The first-order valence-corrected chi connectivity index (χ1v) is 8.61. The molecule has 0 heterocycles. The van der Waals surface area contributed by atoms with Crippen LogP contribution in [0.15, 0.2) is 24.3 Å². The van der Waals surface area contributed by atoms with Gasteiger partial charge in [-0.05, 0) is 54.7 Å². The molecule has 2 aliphatic rings. The van der Waals surface area contributed by atoms with Gasteiger partial charge in [0.25, 0.3) is 5.91 Å². The molecule has 1 aromatic rings. The fourth-order valence-electron chi connectivity index (χ4n) is 4.27. The Balaban J connectivity index is 1.52. The highest BCUT2D eigenvalue weighted by atomic mass is 16.2. The number of hydrogen-bond acceptors (Lipinski definition) is 2. The van der Waals surface area contributed by atoms with E-state index in [2.05, 4.69) is 5.32 Å². The molecule has 124 valence electrons. The van der Waals surface area contributed by atoms with Gasteiger partial charge in [0.15, 0.2) is 0 Å². The molecule has 0 radical (unpaired) electrons. The van der Waals surface area contributed by atoms with E-state index in [4.69, 9.17) is 0 Å². The Bertz CT molecular complexity index is 582. The van der Waals surface area contributed by atoms with Gasteiger partial charge in [0.1, 0.15) is 0 Å². The average Bonchev–Trinajstić information content (AvgIpc) is 3.17. The Labute approximate surface area is 138 Å². The summed E-state index contributed by atoms with van der Waals surface area (Å²) in [5.74, 6) is 2.46. The lowest BCUT2D eigenvalue weighted by Gasteiger charge is -2.24.